The van der Waals surface area contributed by atoms with Gasteiger partial charge in [-0.2, -0.15) is 0 Å². The first-order valence-electron chi connectivity index (χ1n) is 3.32. The number of aryl methyl sites for hydroxylation is 1. The van der Waals surface area contributed by atoms with Crippen molar-refractivity contribution in [1.29, 1.82) is 0 Å². The van der Waals surface area contributed by atoms with Crippen molar-refractivity contribution in [3.8, 4) is 0 Å². The summed E-state index contributed by atoms with van der Waals surface area (Å²) in [4.78, 5) is 14.3. The van der Waals surface area contributed by atoms with Crippen molar-refractivity contribution in [1.82, 2.24) is 4.98 Å². The highest BCUT2D eigenvalue weighted by Crippen LogP contribution is 2.03. The van der Waals surface area contributed by atoms with E-state index in [1.165, 1.54) is 0 Å². The van der Waals surface area contributed by atoms with E-state index in [0.29, 0.717) is 0 Å². The van der Waals surface area contributed by atoms with Crippen LogP contribution in [0, 0.1) is 6.92 Å². The van der Waals surface area contributed by atoms with E-state index in [0.717, 1.165) is 11.3 Å². The summed E-state index contributed by atoms with van der Waals surface area (Å²) in [5.41, 5.74) is 1.56. The summed E-state index contributed by atoms with van der Waals surface area (Å²) >= 11 is 0. The molecule has 11 heavy (non-hydrogen) atoms. The van der Waals surface area contributed by atoms with Crippen LogP contribution >= 0.6 is 0 Å². The predicted molar refractivity (Wildman–Crippen MR) is 40.3 cm³/mol. The molecule has 0 amide bonds. The van der Waals surface area contributed by atoms with Crippen LogP contribution in [0.2, 0.25) is 0 Å². The van der Waals surface area contributed by atoms with E-state index in [4.69, 9.17) is 5.11 Å². The summed E-state index contributed by atoms with van der Waals surface area (Å²) in [6.07, 6.45) is 1.71. The third kappa shape index (κ3) is 2.04. The number of carboxylic acid groups (broad SMARTS) is 1. The molecule has 0 aliphatic carbocycles. The lowest BCUT2D eigenvalue weighted by atomic mass is 10.1. The molecule has 0 unspecified atom stereocenters. The van der Waals surface area contributed by atoms with Crippen molar-refractivity contribution < 1.29 is 9.90 Å². The summed E-state index contributed by atoms with van der Waals surface area (Å²) < 4.78 is 0. The molecule has 0 fully saturated rings. The van der Waals surface area contributed by atoms with Gasteiger partial charge in [0.2, 0.25) is 0 Å². The van der Waals surface area contributed by atoms with Gasteiger partial charge in [0.15, 0.2) is 0 Å². The number of rotatable bonds is 2. The van der Waals surface area contributed by atoms with Gasteiger partial charge in [0.25, 0.3) is 0 Å². The molecular formula is C8H9NO2. The van der Waals surface area contributed by atoms with E-state index in [-0.39, 0.29) is 6.42 Å². The van der Waals surface area contributed by atoms with Gasteiger partial charge in [-0.1, -0.05) is 6.07 Å². The minimum absolute atomic E-state index is 0.0552. The smallest absolute Gasteiger partial charge is 0.307 e. The maximum Gasteiger partial charge on any atom is 0.307 e. The average Bonchev–Trinajstić information content (AvgIpc) is 1.93. The molecule has 1 aromatic rings. The second-order valence-electron chi connectivity index (χ2n) is 2.32. The van der Waals surface area contributed by atoms with Gasteiger partial charge in [0, 0.05) is 11.9 Å². The van der Waals surface area contributed by atoms with Gasteiger partial charge in [0.05, 0.1) is 6.42 Å². The van der Waals surface area contributed by atoms with E-state index < -0.39 is 5.97 Å². The third-order valence-electron chi connectivity index (χ3n) is 1.46. The standard InChI is InChI=1S/C8H9NO2/c1-6-7(5-8(10)11)3-2-4-9-6/h2-4H,5H2,1H3,(H,10,11). The van der Waals surface area contributed by atoms with Crippen LogP contribution in [-0.2, 0) is 11.2 Å². The molecule has 0 bridgehead atoms. The Morgan fingerprint density at radius 2 is 2.45 bits per heavy atom. The molecular weight excluding hydrogens is 142 g/mol. The fourth-order valence-electron chi connectivity index (χ4n) is 0.867. The highest BCUT2D eigenvalue weighted by molar-refractivity contribution is 5.70. The van der Waals surface area contributed by atoms with E-state index in [9.17, 15) is 4.79 Å². The Hall–Kier alpha value is -1.38. The third-order valence-corrected chi connectivity index (χ3v) is 1.46. The first kappa shape index (κ1) is 7.72. The van der Waals surface area contributed by atoms with Crippen LogP contribution < -0.4 is 0 Å². The molecule has 0 aliphatic rings. The number of hydrogen-bond acceptors (Lipinski definition) is 2. The lowest BCUT2D eigenvalue weighted by Crippen LogP contribution is -2.02. The lowest BCUT2D eigenvalue weighted by Gasteiger charge is -1.98. The molecule has 0 radical (unpaired) electrons. The number of carboxylic acids is 1. The van der Waals surface area contributed by atoms with Crippen molar-refractivity contribution in [3.05, 3.63) is 29.6 Å². The van der Waals surface area contributed by atoms with Crippen molar-refractivity contribution in [2.24, 2.45) is 0 Å². The highest BCUT2D eigenvalue weighted by Gasteiger charge is 2.02. The zero-order chi connectivity index (χ0) is 8.27. The Labute approximate surface area is 64.7 Å². The molecule has 1 N–H and O–H groups in total. The molecule has 3 heteroatoms. The van der Waals surface area contributed by atoms with Crippen LogP contribution in [0.5, 0.6) is 0 Å². The number of aromatic nitrogens is 1. The molecule has 0 aromatic carbocycles. The van der Waals surface area contributed by atoms with E-state index >= 15 is 0 Å². The highest BCUT2D eigenvalue weighted by atomic mass is 16.4. The first-order valence-corrected chi connectivity index (χ1v) is 3.32. The second kappa shape index (κ2) is 3.14. The molecule has 3 nitrogen and oxygen atoms in total. The molecule has 0 atom stereocenters. The summed E-state index contributed by atoms with van der Waals surface area (Å²) in [5, 5.41) is 8.46. The summed E-state index contributed by atoms with van der Waals surface area (Å²) in [5.74, 6) is -0.818. The van der Waals surface area contributed by atoms with E-state index in [1.54, 1.807) is 25.3 Å². The molecule has 0 saturated heterocycles. The van der Waals surface area contributed by atoms with E-state index in [1.807, 2.05) is 0 Å². The molecule has 0 spiro atoms. The number of aliphatic carboxylic acids is 1. The lowest BCUT2D eigenvalue weighted by molar-refractivity contribution is -0.136. The SMILES string of the molecule is Cc1ncccc1CC(=O)O. The number of hydrogen-bond donors (Lipinski definition) is 1. The van der Waals surface area contributed by atoms with Crippen molar-refractivity contribution in [2.75, 3.05) is 0 Å². The first-order chi connectivity index (χ1) is 5.20. The molecule has 58 valence electrons. The monoisotopic (exact) mass is 151 g/mol. The molecule has 0 saturated carbocycles. The summed E-state index contributed by atoms with van der Waals surface area (Å²) in [7, 11) is 0. The van der Waals surface area contributed by atoms with Gasteiger partial charge in [-0.3, -0.25) is 9.78 Å². The maximum atomic E-state index is 10.3. The largest absolute Gasteiger partial charge is 0.481 e. The Morgan fingerprint density at radius 1 is 1.73 bits per heavy atom. The minimum Gasteiger partial charge on any atom is -0.481 e. The Bertz CT molecular complexity index is 271. The molecule has 0 aliphatic heterocycles. The second-order valence-corrected chi connectivity index (χ2v) is 2.32. The Balaban J connectivity index is 2.86. The van der Waals surface area contributed by atoms with Crippen LogP contribution in [-0.4, -0.2) is 16.1 Å². The zero-order valence-corrected chi connectivity index (χ0v) is 6.24. The number of nitrogens with zero attached hydrogens (tertiary/aromatic N) is 1. The van der Waals surface area contributed by atoms with E-state index in [2.05, 4.69) is 4.98 Å². The van der Waals surface area contributed by atoms with Crippen molar-refractivity contribution in [2.45, 2.75) is 13.3 Å². The zero-order valence-electron chi connectivity index (χ0n) is 6.24. The van der Waals surface area contributed by atoms with Crippen LogP contribution in [0.1, 0.15) is 11.3 Å². The quantitative estimate of drug-likeness (QED) is 0.686. The van der Waals surface area contributed by atoms with Gasteiger partial charge in [0.1, 0.15) is 0 Å². The van der Waals surface area contributed by atoms with Crippen LogP contribution in [0.4, 0.5) is 0 Å². The normalized spacial score (nSPS) is 9.55. The summed E-state index contributed by atoms with van der Waals surface area (Å²) in [6, 6.07) is 3.52. The van der Waals surface area contributed by atoms with Gasteiger partial charge in [-0.25, -0.2) is 0 Å². The number of carbonyl (C=O) groups is 1. The minimum atomic E-state index is -0.818. The van der Waals surface area contributed by atoms with Crippen molar-refractivity contribution in [3.63, 3.8) is 0 Å². The van der Waals surface area contributed by atoms with Gasteiger partial charge in [-0.15, -0.1) is 0 Å². The van der Waals surface area contributed by atoms with Crippen LogP contribution in [0.15, 0.2) is 18.3 Å². The fourth-order valence-corrected chi connectivity index (χ4v) is 0.867. The van der Waals surface area contributed by atoms with Crippen molar-refractivity contribution >= 4 is 5.97 Å². The van der Waals surface area contributed by atoms with Gasteiger partial charge < -0.3 is 5.11 Å². The Morgan fingerprint density at radius 3 is 3.00 bits per heavy atom. The van der Waals surface area contributed by atoms with Gasteiger partial charge in [-0.05, 0) is 18.6 Å². The Kier molecular flexibility index (Phi) is 2.21. The van der Waals surface area contributed by atoms with Crippen LogP contribution in [0.25, 0.3) is 0 Å². The predicted octanol–water partition coefficient (Wildman–Crippen LogP) is 1.02. The molecule has 1 aromatic heterocycles. The van der Waals surface area contributed by atoms with Crippen LogP contribution in [0.3, 0.4) is 0 Å². The summed E-state index contributed by atoms with van der Waals surface area (Å²) in [6.45, 7) is 1.80. The average molecular weight is 151 g/mol. The maximum absolute atomic E-state index is 10.3. The topological polar surface area (TPSA) is 50.2 Å². The van der Waals surface area contributed by atoms with Gasteiger partial charge >= 0.3 is 5.97 Å². The molecule has 1 heterocycles. The fraction of sp³-hybridized carbons (Fsp3) is 0.250. The number of pyridine rings is 1. The molecule has 1 rings (SSSR count).